The van der Waals surface area contributed by atoms with Crippen molar-refractivity contribution in [3.63, 3.8) is 0 Å². The van der Waals surface area contributed by atoms with Gasteiger partial charge in [0, 0.05) is 12.4 Å². The third kappa shape index (κ3) is 1.35. The summed E-state index contributed by atoms with van der Waals surface area (Å²) in [7, 11) is 1.81. The average molecular weight is 229 g/mol. The second-order valence-corrected chi connectivity index (χ2v) is 4.72. The van der Waals surface area contributed by atoms with Gasteiger partial charge in [0.1, 0.15) is 0 Å². The van der Waals surface area contributed by atoms with E-state index in [9.17, 15) is 0 Å². The van der Waals surface area contributed by atoms with Crippen LogP contribution in [0.4, 0.5) is 5.13 Å². The Balaban J connectivity index is 2.41. The fourth-order valence-corrected chi connectivity index (χ4v) is 2.78. The number of benzene rings is 2. The van der Waals surface area contributed by atoms with Crippen LogP contribution in [0.25, 0.3) is 21.0 Å². The molecule has 4 heteroatoms. The molecule has 0 saturated carbocycles. The number of anilines is 1. The van der Waals surface area contributed by atoms with Crippen LogP contribution in [0.5, 0.6) is 0 Å². The molecular formula is C12H11N3S. The lowest BCUT2D eigenvalue weighted by Crippen LogP contribution is -2.24. The van der Waals surface area contributed by atoms with E-state index in [0.717, 1.165) is 10.6 Å². The van der Waals surface area contributed by atoms with Gasteiger partial charge in [-0.25, -0.2) is 10.8 Å². The van der Waals surface area contributed by atoms with Gasteiger partial charge in [-0.2, -0.15) is 0 Å². The van der Waals surface area contributed by atoms with Crippen LogP contribution in [0.15, 0.2) is 36.4 Å². The third-order valence-corrected chi connectivity index (χ3v) is 3.77. The first-order valence-corrected chi connectivity index (χ1v) is 5.84. The SMILES string of the molecule is CN(N)c1nc2ccc3ccccc3c2s1. The van der Waals surface area contributed by atoms with Gasteiger partial charge in [-0.05, 0) is 11.5 Å². The Morgan fingerprint density at radius 3 is 2.81 bits per heavy atom. The monoisotopic (exact) mass is 229 g/mol. The molecular weight excluding hydrogens is 218 g/mol. The van der Waals surface area contributed by atoms with Gasteiger partial charge in [0.25, 0.3) is 0 Å². The predicted octanol–water partition coefficient (Wildman–Crippen LogP) is 2.76. The summed E-state index contributed by atoms with van der Waals surface area (Å²) >= 11 is 1.62. The Morgan fingerprint density at radius 2 is 2.00 bits per heavy atom. The number of fused-ring (bicyclic) bond motifs is 3. The molecule has 80 valence electrons. The number of aromatic nitrogens is 1. The number of thiazole rings is 1. The van der Waals surface area contributed by atoms with Crippen LogP contribution in [0, 0.1) is 0 Å². The van der Waals surface area contributed by atoms with Crippen molar-refractivity contribution in [2.45, 2.75) is 0 Å². The molecule has 0 bridgehead atoms. The molecule has 2 N–H and O–H groups in total. The van der Waals surface area contributed by atoms with E-state index in [2.05, 4.69) is 23.2 Å². The number of nitrogens with zero attached hydrogens (tertiary/aromatic N) is 2. The normalized spacial score (nSPS) is 11.1. The van der Waals surface area contributed by atoms with E-state index in [-0.39, 0.29) is 0 Å². The van der Waals surface area contributed by atoms with Crippen molar-refractivity contribution in [1.82, 2.24) is 4.98 Å². The van der Waals surface area contributed by atoms with Crippen LogP contribution >= 0.6 is 11.3 Å². The highest BCUT2D eigenvalue weighted by molar-refractivity contribution is 7.23. The van der Waals surface area contributed by atoms with Crippen molar-refractivity contribution in [3.05, 3.63) is 36.4 Å². The molecule has 0 spiro atoms. The standard InChI is InChI=1S/C12H11N3S/c1-15(13)12-14-10-7-6-8-4-2-3-5-9(8)11(10)16-12/h2-7H,13H2,1H3. The Bertz CT molecular complexity index is 657. The molecule has 16 heavy (non-hydrogen) atoms. The summed E-state index contributed by atoms with van der Waals surface area (Å²) in [6, 6.07) is 12.5. The van der Waals surface area contributed by atoms with Crippen LogP contribution in [-0.2, 0) is 0 Å². The van der Waals surface area contributed by atoms with Gasteiger partial charge < -0.3 is 0 Å². The summed E-state index contributed by atoms with van der Waals surface area (Å²) in [5.74, 6) is 5.70. The summed E-state index contributed by atoms with van der Waals surface area (Å²) in [5, 5.41) is 4.88. The summed E-state index contributed by atoms with van der Waals surface area (Å²) in [5.41, 5.74) is 1.01. The van der Waals surface area contributed by atoms with Crippen LogP contribution < -0.4 is 10.9 Å². The first kappa shape index (κ1) is 9.57. The van der Waals surface area contributed by atoms with Crippen molar-refractivity contribution in [2.75, 3.05) is 12.1 Å². The molecule has 0 saturated heterocycles. The second kappa shape index (κ2) is 3.43. The van der Waals surface area contributed by atoms with Crippen molar-refractivity contribution in [1.29, 1.82) is 0 Å². The Labute approximate surface area is 97.1 Å². The second-order valence-electron chi connectivity index (χ2n) is 3.74. The summed E-state index contributed by atoms with van der Waals surface area (Å²) in [6.07, 6.45) is 0. The highest BCUT2D eigenvalue weighted by Crippen LogP contribution is 2.33. The fourth-order valence-electron chi connectivity index (χ4n) is 1.79. The first-order chi connectivity index (χ1) is 7.75. The number of hydrogen-bond donors (Lipinski definition) is 1. The minimum Gasteiger partial charge on any atom is -0.289 e. The lowest BCUT2D eigenvalue weighted by molar-refractivity contribution is 1.01. The zero-order chi connectivity index (χ0) is 11.1. The summed E-state index contributed by atoms with van der Waals surface area (Å²) in [4.78, 5) is 4.48. The Hall–Kier alpha value is -1.65. The van der Waals surface area contributed by atoms with Gasteiger partial charge in [-0.15, -0.1) is 0 Å². The molecule has 0 aliphatic rings. The van der Waals surface area contributed by atoms with E-state index in [1.165, 1.54) is 15.5 Å². The number of hydrazine groups is 1. The number of hydrogen-bond acceptors (Lipinski definition) is 4. The molecule has 0 unspecified atom stereocenters. The van der Waals surface area contributed by atoms with Gasteiger partial charge in [0.2, 0.25) is 5.13 Å². The van der Waals surface area contributed by atoms with Crippen molar-refractivity contribution < 1.29 is 0 Å². The molecule has 0 aliphatic carbocycles. The largest absolute Gasteiger partial charge is 0.289 e. The molecule has 0 amide bonds. The highest BCUT2D eigenvalue weighted by Gasteiger charge is 2.08. The molecule has 0 fully saturated rings. The fraction of sp³-hybridized carbons (Fsp3) is 0.0833. The van der Waals surface area contributed by atoms with Crippen molar-refractivity contribution in [2.24, 2.45) is 5.84 Å². The Kier molecular flexibility index (Phi) is 2.05. The number of rotatable bonds is 1. The van der Waals surface area contributed by atoms with E-state index in [0.29, 0.717) is 0 Å². The summed E-state index contributed by atoms with van der Waals surface area (Å²) < 4.78 is 1.20. The molecule has 0 aliphatic heterocycles. The van der Waals surface area contributed by atoms with E-state index in [4.69, 9.17) is 5.84 Å². The van der Waals surface area contributed by atoms with E-state index in [1.54, 1.807) is 23.4 Å². The predicted molar refractivity (Wildman–Crippen MR) is 69.7 cm³/mol. The van der Waals surface area contributed by atoms with E-state index >= 15 is 0 Å². The van der Waals surface area contributed by atoms with Gasteiger partial charge in [0.05, 0.1) is 10.2 Å². The van der Waals surface area contributed by atoms with Crippen LogP contribution in [0.2, 0.25) is 0 Å². The zero-order valence-electron chi connectivity index (χ0n) is 8.84. The van der Waals surface area contributed by atoms with Gasteiger partial charge >= 0.3 is 0 Å². The molecule has 0 radical (unpaired) electrons. The minimum atomic E-state index is 0.839. The molecule has 3 aromatic rings. The topological polar surface area (TPSA) is 42.1 Å². The first-order valence-electron chi connectivity index (χ1n) is 5.02. The molecule has 2 aromatic carbocycles. The average Bonchev–Trinajstić information content (AvgIpc) is 2.73. The third-order valence-electron chi connectivity index (χ3n) is 2.57. The van der Waals surface area contributed by atoms with Crippen LogP contribution in [0.1, 0.15) is 0 Å². The van der Waals surface area contributed by atoms with Gasteiger partial charge in [-0.1, -0.05) is 41.7 Å². The zero-order valence-corrected chi connectivity index (χ0v) is 9.66. The van der Waals surface area contributed by atoms with E-state index < -0.39 is 0 Å². The lowest BCUT2D eigenvalue weighted by Gasteiger charge is -2.04. The molecule has 3 rings (SSSR count). The molecule has 0 atom stereocenters. The molecule has 1 heterocycles. The van der Waals surface area contributed by atoms with Gasteiger partial charge in [0.15, 0.2) is 0 Å². The minimum absolute atomic E-state index is 0.839. The van der Waals surface area contributed by atoms with Crippen LogP contribution in [0.3, 0.4) is 0 Å². The van der Waals surface area contributed by atoms with Crippen molar-refractivity contribution >= 4 is 37.5 Å². The summed E-state index contributed by atoms with van der Waals surface area (Å²) in [6.45, 7) is 0. The van der Waals surface area contributed by atoms with E-state index in [1.807, 2.05) is 18.2 Å². The maximum absolute atomic E-state index is 5.70. The molecule has 1 aromatic heterocycles. The molecule has 3 nitrogen and oxygen atoms in total. The number of nitrogens with two attached hydrogens (primary N) is 1. The quantitative estimate of drug-likeness (QED) is 0.515. The van der Waals surface area contributed by atoms with Crippen LogP contribution in [-0.4, -0.2) is 12.0 Å². The lowest BCUT2D eigenvalue weighted by atomic mass is 10.1. The maximum atomic E-state index is 5.70. The Morgan fingerprint density at radius 1 is 1.19 bits per heavy atom. The smallest absolute Gasteiger partial charge is 0.200 e. The van der Waals surface area contributed by atoms with Crippen molar-refractivity contribution in [3.8, 4) is 0 Å². The highest BCUT2D eigenvalue weighted by atomic mass is 32.1. The van der Waals surface area contributed by atoms with Gasteiger partial charge in [-0.3, -0.25) is 5.01 Å². The maximum Gasteiger partial charge on any atom is 0.200 e.